The van der Waals surface area contributed by atoms with Gasteiger partial charge in [0.2, 0.25) is 0 Å². The number of carbonyl (C=O) groups excluding carboxylic acids is 1. The molecule has 0 aliphatic carbocycles. The first kappa shape index (κ1) is 17.3. The highest BCUT2D eigenvalue weighted by Crippen LogP contribution is 2.29. The van der Waals surface area contributed by atoms with Crippen molar-refractivity contribution in [1.29, 1.82) is 0 Å². The number of pyridine rings is 1. The fourth-order valence-electron chi connectivity index (χ4n) is 2.86. The molecule has 2 aromatic carbocycles. The zero-order chi connectivity index (χ0) is 18.8. The number of nitrogens with one attached hydrogen (secondary N) is 1. The summed E-state index contributed by atoms with van der Waals surface area (Å²) in [6, 6.07) is 17.4. The second-order valence-corrected chi connectivity index (χ2v) is 7.11. The first-order chi connectivity index (χ1) is 13.2. The normalized spacial score (nSPS) is 10.9. The number of rotatable bonds is 5. The molecule has 0 atom stereocenters. The Hall–Kier alpha value is -3.12. The second-order valence-electron chi connectivity index (χ2n) is 6.08. The Morgan fingerprint density at radius 1 is 0.963 bits per heavy atom. The van der Waals surface area contributed by atoms with Crippen LogP contribution in [-0.4, -0.2) is 25.1 Å². The molecule has 6 heteroatoms. The summed E-state index contributed by atoms with van der Waals surface area (Å²) in [7, 11) is 3.27. The Morgan fingerprint density at radius 3 is 2.44 bits per heavy atom. The van der Waals surface area contributed by atoms with Crippen molar-refractivity contribution < 1.29 is 14.3 Å². The first-order valence-electron chi connectivity index (χ1n) is 8.46. The van der Waals surface area contributed by atoms with Crippen molar-refractivity contribution in [2.45, 2.75) is 6.54 Å². The lowest BCUT2D eigenvalue weighted by Gasteiger charge is -2.05. The number of thiophene rings is 1. The monoisotopic (exact) mass is 378 g/mol. The molecule has 2 heterocycles. The van der Waals surface area contributed by atoms with E-state index in [1.54, 1.807) is 14.2 Å². The maximum absolute atomic E-state index is 12.5. The summed E-state index contributed by atoms with van der Waals surface area (Å²) >= 11 is 1.39. The van der Waals surface area contributed by atoms with Gasteiger partial charge in [0.1, 0.15) is 16.3 Å². The van der Waals surface area contributed by atoms with E-state index in [0.29, 0.717) is 11.4 Å². The minimum Gasteiger partial charge on any atom is -0.497 e. The average Bonchev–Trinajstić information content (AvgIpc) is 3.13. The molecule has 4 rings (SSSR count). The van der Waals surface area contributed by atoms with E-state index in [2.05, 4.69) is 10.3 Å². The van der Waals surface area contributed by atoms with Crippen LogP contribution in [0, 0.1) is 0 Å². The molecule has 4 aromatic rings. The predicted molar refractivity (Wildman–Crippen MR) is 108 cm³/mol. The molecule has 5 nitrogen and oxygen atoms in total. The van der Waals surface area contributed by atoms with Crippen molar-refractivity contribution >= 4 is 38.4 Å². The van der Waals surface area contributed by atoms with Gasteiger partial charge < -0.3 is 14.8 Å². The Labute approximate surface area is 160 Å². The minimum absolute atomic E-state index is 0.101. The van der Waals surface area contributed by atoms with E-state index in [9.17, 15) is 4.79 Å². The number of carbonyl (C=O) groups is 1. The minimum atomic E-state index is -0.101. The van der Waals surface area contributed by atoms with E-state index >= 15 is 0 Å². The summed E-state index contributed by atoms with van der Waals surface area (Å²) < 4.78 is 10.4. The van der Waals surface area contributed by atoms with E-state index in [-0.39, 0.29) is 5.91 Å². The molecular formula is C21H18N2O3S. The standard InChI is InChI=1S/C21H18N2O3S/c1-25-16-6-3-13(4-7-16)12-22-20(24)19-10-15-9-14-5-8-17(26-2)11-18(14)23-21(15)27-19/h3-11H,12H2,1-2H3,(H,22,24). The average molecular weight is 378 g/mol. The van der Waals surface area contributed by atoms with Crippen molar-refractivity contribution in [1.82, 2.24) is 10.3 Å². The molecule has 0 radical (unpaired) electrons. The quantitative estimate of drug-likeness (QED) is 0.559. The molecule has 0 spiro atoms. The SMILES string of the molecule is COc1ccc(CNC(=O)c2cc3cc4ccc(OC)cc4nc3s2)cc1. The molecule has 0 aliphatic heterocycles. The highest BCUT2D eigenvalue weighted by Gasteiger charge is 2.12. The fourth-order valence-corrected chi connectivity index (χ4v) is 3.80. The Balaban J connectivity index is 1.55. The molecule has 136 valence electrons. The van der Waals surface area contributed by atoms with Gasteiger partial charge in [0.05, 0.1) is 24.6 Å². The third-order valence-corrected chi connectivity index (χ3v) is 5.39. The van der Waals surface area contributed by atoms with Crippen molar-refractivity contribution in [2.75, 3.05) is 14.2 Å². The van der Waals surface area contributed by atoms with E-state index in [1.807, 2.05) is 54.6 Å². The van der Waals surface area contributed by atoms with Gasteiger partial charge in [0, 0.05) is 23.4 Å². The highest BCUT2D eigenvalue weighted by molar-refractivity contribution is 7.20. The third kappa shape index (κ3) is 3.57. The van der Waals surface area contributed by atoms with Gasteiger partial charge in [-0.15, -0.1) is 11.3 Å². The van der Waals surface area contributed by atoms with Gasteiger partial charge >= 0.3 is 0 Å². The second kappa shape index (κ2) is 7.25. The molecule has 0 fully saturated rings. The number of methoxy groups -OCH3 is 2. The summed E-state index contributed by atoms with van der Waals surface area (Å²) in [5.74, 6) is 1.46. The molecule has 1 N–H and O–H groups in total. The molecule has 27 heavy (non-hydrogen) atoms. The lowest BCUT2D eigenvalue weighted by Crippen LogP contribution is -2.21. The van der Waals surface area contributed by atoms with E-state index in [0.717, 1.165) is 38.2 Å². The van der Waals surface area contributed by atoms with Crippen molar-refractivity contribution in [3.05, 3.63) is 65.0 Å². The number of benzene rings is 2. The number of fused-ring (bicyclic) bond motifs is 2. The number of hydrogen-bond donors (Lipinski definition) is 1. The molecule has 2 aromatic heterocycles. The smallest absolute Gasteiger partial charge is 0.261 e. The highest BCUT2D eigenvalue weighted by atomic mass is 32.1. The van der Waals surface area contributed by atoms with Crippen molar-refractivity contribution in [2.24, 2.45) is 0 Å². The Morgan fingerprint density at radius 2 is 1.70 bits per heavy atom. The number of aromatic nitrogens is 1. The molecule has 0 saturated heterocycles. The van der Waals surface area contributed by atoms with Gasteiger partial charge in [-0.3, -0.25) is 4.79 Å². The van der Waals surface area contributed by atoms with Crippen LogP contribution in [0.4, 0.5) is 0 Å². The van der Waals surface area contributed by atoms with E-state index in [1.165, 1.54) is 11.3 Å². The van der Waals surface area contributed by atoms with Gasteiger partial charge in [0.15, 0.2) is 0 Å². The van der Waals surface area contributed by atoms with E-state index < -0.39 is 0 Å². The third-order valence-electron chi connectivity index (χ3n) is 4.35. The van der Waals surface area contributed by atoms with Crippen molar-refractivity contribution in [3.63, 3.8) is 0 Å². The summed E-state index contributed by atoms with van der Waals surface area (Å²) in [6.45, 7) is 0.462. The molecule has 0 saturated carbocycles. The van der Waals surface area contributed by atoms with Crippen LogP contribution < -0.4 is 14.8 Å². The molecular weight excluding hydrogens is 360 g/mol. The first-order valence-corrected chi connectivity index (χ1v) is 9.27. The number of amides is 1. The van der Waals surface area contributed by atoms with Gasteiger partial charge in [-0.25, -0.2) is 4.98 Å². The topological polar surface area (TPSA) is 60.5 Å². The molecule has 0 aliphatic rings. The molecule has 0 bridgehead atoms. The van der Waals surface area contributed by atoms with Crippen LogP contribution in [0.2, 0.25) is 0 Å². The van der Waals surface area contributed by atoms with Crippen molar-refractivity contribution in [3.8, 4) is 11.5 Å². The van der Waals surface area contributed by atoms with Gasteiger partial charge in [0.25, 0.3) is 5.91 Å². The van der Waals surface area contributed by atoms with Crippen LogP contribution in [0.1, 0.15) is 15.2 Å². The van der Waals surface area contributed by atoms with Gasteiger partial charge in [-0.1, -0.05) is 12.1 Å². The maximum Gasteiger partial charge on any atom is 0.261 e. The lowest BCUT2D eigenvalue weighted by atomic mass is 10.2. The zero-order valence-electron chi connectivity index (χ0n) is 15.0. The molecule has 0 unspecified atom stereocenters. The summed E-state index contributed by atoms with van der Waals surface area (Å²) in [4.78, 5) is 18.7. The number of ether oxygens (including phenoxy) is 2. The van der Waals surface area contributed by atoms with Crippen LogP contribution in [0.25, 0.3) is 21.1 Å². The van der Waals surface area contributed by atoms with Crippen LogP contribution in [0.3, 0.4) is 0 Å². The lowest BCUT2D eigenvalue weighted by molar-refractivity contribution is 0.0955. The van der Waals surface area contributed by atoms with Crippen LogP contribution in [-0.2, 0) is 6.54 Å². The number of nitrogens with zero attached hydrogens (tertiary/aromatic N) is 1. The zero-order valence-corrected chi connectivity index (χ0v) is 15.8. The van der Waals surface area contributed by atoms with Crippen LogP contribution >= 0.6 is 11.3 Å². The van der Waals surface area contributed by atoms with E-state index in [4.69, 9.17) is 9.47 Å². The number of hydrogen-bond acceptors (Lipinski definition) is 5. The van der Waals surface area contributed by atoms with Crippen LogP contribution in [0.5, 0.6) is 11.5 Å². The Bertz CT molecular complexity index is 1120. The predicted octanol–water partition coefficient (Wildman–Crippen LogP) is 4.40. The Kier molecular flexibility index (Phi) is 4.64. The van der Waals surface area contributed by atoms with Gasteiger partial charge in [-0.05, 0) is 42.0 Å². The maximum atomic E-state index is 12.5. The van der Waals surface area contributed by atoms with Crippen LogP contribution in [0.15, 0.2) is 54.6 Å². The molecule has 1 amide bonds. The van der Waals surface area contributed by atoms with Gasteiger partial charge in [-0.2, -0.15) is 0 Å². The largest absolute Gasteiger partial charge is 0.497 e. The summed E-state index contributed by atoms with van der Waals surface area (Å²) in [5.41, 5.74) is 1.87. The summed E-state index contributed by atoms with van der Waals surface area (Å²) in [5, 5.41) is 4.94. The fraction of sp³-hybridized carbons (Fsp3) is 0.143. The summed E-state index contributed by atoms with van der Waals surface area (Å²) in [6.07, 6.45) is 0.